The number of benzene rings is 1. The van der Waals surface area contributed by atoms with Gasteiger partial charge in [0.1, 0.15) is 0 Å². The molecule has 0 amide bonds. The maximum atomic E-state index is 5.82. The second-order valence-electron chi connectivity index (χ2n) is 5.09. The molecule has 5 nitrogen and oxygen atoms in total. The highest BCUT2D eigenvalue weighted by molar-refractivity contribution is 5.41. The fourth-order valence-corrected chi connectivity index (χ4v) is 2.55. The van der Waals surface area contributed by atoms with Crippen LogP contribution in [-0.2, 0) is 6.54 Å². The molecule has 1 aliphatic heterocycles. The fourth-order valence-electron chi connectivity index (χ4n) is 2.55. The molecular weight excluding hydrogens is 250 g/mol. The summed E-state index contributed by atoms with van der Waals surface area (Å²) in [5.74, 6) is 0.969. The summed E-state index contributed by atoms with van der Waals surface area (Å²) in [4.78, 5) is 4.73. The Hall–Kier alpha value is -2.14. The summed E-state index contributed by atoms with van der Waals surface area (Å²) in [6, 6.07) is 12.1. The van der Waals surface area contributed by atoms with Crippen molar-refractivity contribution in [1.29, 1.82) is 0 Å². The maximum Gasteiger partial charge on any atom is 0.151 e. The molecule has 0 spiro atoms. The quantitative estimate of drug-likeness (QED) is 0.853. The molecule has 0 radical (unpaired) electrons. The molecule has 20 heavy (non-hydrogen) atoms. The van der Waals surface area contributed by atoms with E-state index in [2.05, 4.69) is 32.1 Å². The minimum absolute atomic E-state index is 0.834. The van der Waals surface area contributed by atoms with Crippen LogP contribution in [0.25, 0.3) is 0 Å². The Balaban J connectivity index is 1.56. The van der Waals surface area contributed by atoms with Gasteiger partial charge >= 0.3 is 0 Å². The predicted octanol–water partition coefficient (Wildman–Crippen LogP) is 1.38. The van der Waals surface area contributed by atoms with Crippen molar-refractivity contribution < 1.29 is 0 Å². The zero-order valence-corrected chi connectivity index (χ0v) is 11.4. The van der Waals surface area contributed by atoms with E-state index in [0.29, 0.717) is 0 Å². The summed E-state index contributed by atoms with van der Waals surface area (Å²) in [6.07, 6.45) is 1.71. The molecule has 0 unspecified atom stereocenters. The number of hydrogen-bond donors (Lipinski definition) is 1. The zero-order chi connectivity index (χ0) is 13.8. The summed E-state index contributed by atoms with van der Waals surface area (Å²) < 4.78 is 0. The number of hydrogen-bond acceptors (Lipinski definition) is 5. The van der Waals surface area contributed by atoms with Crippen LogP contribution in [0.3, 0.4) is 0 Å². The topological polar surface area (TPSA) is 58.3 Å². The van der Waals surface area contributed by atoms with Gasteiger partial charge in [0.15, 0.2) is 5.82 Å². The van der Waals surface area contributed by atoms with Crippen LogP contribution in [0.4, 0.5) is 11.5 Å². The van der Waals surface area contributed by atoms with Crippen LogP contribution in [0.5, 0.6) is 0 Å². The van der Waals surface area contributed by atoms with Gasteiger partial charge in [-0.3, -0.25) is 4.90 Å². The Bertz CT molecular complexity index is 549. The monoisotopic (exact) mass is 269 g/mol. The van der Waals surface area contributed by atoms with Gasteiger partial charge in [-0.25, -0.2) is 0 Å². The first-order chi connectivity index (χ1) is 9.81. The highest BCUT2D eigenvalue weighted by Gasteiger charge is 2.18. The normalized spacial score (nSPS) is 16.3. The molecule has 1 aromatic heterocycles. The third-order valence-electron chi connectivity index (χ3n) is 3.61. The highest BCUT2D eigenvalue weighted by Crippen LogP contribution is 2.14. The van der Waals surface area contributed by atoms with Gasteiger partial charge < -0.3 is 10.6 Å². The molecule has 2 N–H and O–H groups in total. The molecule has 3 rings (SSSR count). The van der Waals surface area contributed by atoms with Crippen LogP contribution in [0, 0.1) is 0 Å². The molecule has 1 saturated heterocycles. The van der Waals surface area contributed by atoms with E-state index in [-0.39, 0.29) is 0 Å². The molecule has 0 saturated carbocycles. The van der Waals surface area contributed by atoms with Gasteiger partial charge in [0.25, 0.3) is 0 Å². The molecule has 2 heterocycles. The fraction of sp³-hybridized carbons (Fsp3) is 0.333. The van der Waals surface area contributed by atoms with Gasteiger partial charge in [0, 0.05) is 44.6 Å². The summed E-state index contributed by atoms with van der Waals surface area (Å²) in [5.41, 5.74) is 7.93. The summed E-state index contributed by atoms with van der Waals surface area (Å²) in [5, 5.41) is 8.10. The summed E-state index contributed by atoms with van der Waals surface area (Å²) >= 11 is 0. The van der Waals surface area contributed by atoms with Crippen molar-refractivity contribution in [3.8, 4) is 0 Å². The summed E-state index contributed by atoms with van der Waals surface area (Å²) in [7, 11) is 0. The van der Waals surface area contributed by atoms with E-state index in [4.69, 9.17) is 5.73 Å². The van der Waals surface area contributed by atoms with Crippen molar-refractivity contribution in [1.82, 2.24) is 15.1 Å². The Kier molecular flexibility index (Phi) is 3.78. The first-order valence-electron chi connectivity index (χ1n) is 6.91. The van der Waals surface area contributed by atoms with Crippen LogP contribution < -0.4 is 10.6 Å². The predicted molar refractivity (Wildman–Crippen MR) is 80.4 cm³/mol. The van der Waals surface area contributed by atoms with Crippen LogP contribution in [0.2, 0.25) is 0 Å². The largest absolute Gasteiger partial charge is 0.399 e. The number of nitrogens with two attached hydrogens (primary N) is 1. The first kappa shape index (κ1) is 12.9. The molecular formula is C15H19N5. The minimum atomic E-state index is 0.834. The Morgan fingerprint density at radius 2 is 1.90 bits per heavy atom. The lowest BCUT2D eigenvalue weighted by molar-refractivity contribution is 0.249. The molecule has 1 aromatic carbocycles. The molecule has 1 aliphatic rings. The van der Waals surface area contributed by atoms with Crippen molar-refractivity contribution in [2.75, 3.05) is 36.8 Å². The third kappa shape index (κ3) is 3.05. The van der Waals surface area contributed by atoms with E-state index in [1.807, 2.05) is 24.3 Å². The average Bonchev–Trinajstić information content (AvgIpc) is 2.49. The molecule has 2 aromatic rings. The van der Waals surface area contributed by atoms with Crippen molar-refractivity contribution >= 4 is 11.5 Å². The van der Waals surface area contributed by atoms with E-state index in [1.165, 1.54) is 5.56 Å². The SMILES string of the molecule is Nc1cccc(CN2CCN(c3cccnn3)CC2)c1. The van der Waals surface area contributed by atoms with E-state index >= 15 is 0 Å². The average molecular weight is 269 g/mol. The Labute approximate surface area is 119 Å². The lowest BCUT2D eigenvalue weighted by Crippen LogP contribution is -2.46. The van der Waals surface area contributed by atoms with Crippen molar-refractivity contribution in [3.63, 3.8) is 0 Å². The minimum Gasteiger partial charge on any atom is -0.399 e. The Morgan fingerprint density at radius 3 is 2.60 bits per heavy atom. The Morgan fingerprint density at radius 1 is 1.05 bits per heavy atom. The third-order valence-corrected chi connectivity index (χ3v) is 3.61. The molecule has 104 valence electrons. The zero-order valence-electron chi connectivity index (χ0n) is 11.4. The number of piperazine rings is 1. The molecule has 0 atom stereocenters. The maximum absolute atomic E-state index is 5.82. The van der Waals surface area contributed by atoms with Crippen LogP contribution in [-0.4, -0.2) is 41.3 Å². The summed E-state index contributed by atoms with van der Waals surface area (Å²) in [6.45, 7) is 5.00. The lowest BCUT2D eigenvalue weighted by Gasteiger charge is -2.35. The number of nitrogen functional groups attached to an aromatic ring is 1. The standard InChI is InChI=1S/C15H19N5/c16-14-4-1-3-13(11-14)12-19-7-9-20(10-8-19)15-5-2-6-17-18-15/h1-6,11H,7-10,12,16H2. The first-order valence-corrected chi connectivity index (χ1v) is 6.91. The van der Waals surface area contributed by atoms with E-state index < -0.39 is 0 Å². The van der Waals surface area contributed by atoms with Gasteiger partial charge in [0.2, 0.25) is 0 Å². The van der Waals surface area contributed by atoms with Crippen molar-refractivity contribution in [3.05, 3.63) is 48.2 Å². The molecule has 0 bridgehead atoms. The van der Waals surface area contributed by atoms with Crippen molar-refractivity contribution in [2.45, 2.75) is 6.54 Å². The van der Waals surface area contributed by atoms with E-state index in [9.17, 15) is 0 Å². The number of rotatable bonds is 3. The van der Waals surface area contributed by atoms with Crippen molar-refractivity contribution in [2.24, 2.45) is 0 Å². The van der Waals surface area contributed by atoms with Crippen LogP contribution in [0.1, 0.15) is 5.56 Å². The number of nitrogens with zero attached hydrogens (tertiary/aromatic N) is 4. The smallest absolute Gasteiger partial charge is 0.151 e. The highest BCUT2D eigenvalue weighted by atomic mass is 15.3. The van der Waals surface area contributed by atoms with Crippen LogP contribution >= 0.6 is 0 Å². The van der Waals surface area contributed by atoms with E-state index in [0.717, 1.165) is 44.2 Å². The van der Waals surface area contributed by atoms with Gasteiger partial charge in [-0.05, 0) is 29.8 Å². The van der Waals surface area contributed by atoms with Crippen LogP contribution in [0.15, 0.2) is 42.6 Å². The van der Waals surface area contributed by atoms with Gasteiger partial charge in [-0.1, -0.05) is 12.1 Å². The van der Waals surface area contributed by atoms with Gasteiger partial charge in [0.05, 0.1) is 0 Å². The lowest BCUT2D eigenvalue weighted by atomic mass is 10.2. The molecule has 5 heteroatoms. The van der Waals surface area contributed by atoms with E-state index in [1.54, 1.807) is 6.20 Å². The van der Waals surface area contributed by atoms with Gasteiger partial charge in [-0.15, -0.1) is 5.10 Å². The molecule has 1 fully saturated rings. The number of anilines is 2. The number of aromatic nitrogens is 2. The van der Waals surface area contributed by atoms with Gasteiger partial charge in [-0.2, -0.15) is 5.10 Å². The molecule has 0 aliphatic carbocycles. The second-order valence-corrected chi connectivity index (χ2v) is 5.09. The second kappa shape index (κ2) is 5.88.